The topological polar surface area (TPSA) is 44.8 Å². The van der Waals surface area contributed by atoms with Crippen molar-refractivity contribution in [2.75, 3.05) is 40.3 Å². The molecule has 1 aromatic carbocycles. The number of benzene rings is 1. The van der Waals surface area contributed by atoms with E-state index in [0.29, 0.717) is 12.6 Å². The van der Waals surface area contributed by atoms with Crippen LogP contribution in [0.1, 0.15) is 38.3 Å². The van der Waals surface area contributed by atoms with Gasteiger partial charge in [0.05, 0.1) is 13.7 Å². The molecule has 134 valence electrons. The molecule has 1 aromatic rings. The number of methoxy groups -OCH3 is 1. The van der Waals surface area contributed by atoms with E-state index in [0.717, 1.165) is 43.8 Å². The van der Waals surface area contributed by atoms with E-state index in [1.54, 1.807) is 7.11 Å². The molecule has 1 unspecified atom stereocenters. The number of para-hydroxylation sites is 1. The van der Waals surface area contributed by atoms with Gasteiger partial charge in [0.25, 0.3) is 0 Å². The Labute approximate surface area is 146 Å². The van der Waals surface area contributed by atoms with Crippen LogP contribution >= 0.6 is 0 Å². The lowest BCUT2D eigenvalue weighted by Crippen LogP contribution is -2.47. The number of likely N-dealkylation sites (tertiary alicyclic amines) is 1. The summed E-state index contributed by atoms with van der Waals surface area (Å²) in [6, 6.07) is 8.41. The highest BCUT2D eigenvalue weighted by Gasteiger charge is 2.22. The van der Waals surface area contributed by atoms with Crippen molar-refractivity contribution in [3.63, 3.8) is 0 Å². The SMILES string of the molecule is CCN1CCC(NC(=O)CN(C)C(C)c2ccccc2OC)CC1. The van der Waals surface area contributed by atoms with Crippen molar-refractivity contribution in [1.82, 2.24) is 15.1 Å². The van der Waals surface area contributed by atoms with Gasteiger partial charge in [0, 0.05) is 30.7 Å². The van der Waals surface area contributed by atoms with Crippen LogP contribution < -0.4 is 10.1 Å². The first-order chi connectivity index (χ1) is 11.5. The number of nitrogens with one attached hydrogen (secondary N) is 1. The van der Waals surface area contributed by atoms with Gasteiger partial charge in [-0.3, -0.25) is 9.69 Å². The molecular weight excluding hydrogens is 302 g/mol. The van der Waals surface area contributed by atoms with Crippen molar-refractivity contribution in [2.24, 2.45) is 0 Å². The van der Waals surface area contributed by atoms with Gasteiger partial charge < -0.3 is 15.0 Å². The minimum absolute atomic E-state index is 0.106. The van der Waals surface area contributed by atoms with Gasteiger partial charge in [-0.2, -0.15) is 0 Å². The van der Waals surface area contributed by atoms with Crippen molar-refractivity contribution in [3.8, 4) is 5.75 Å². The third-order valence-corrected chi connectivity index (χ3v) is 5.04. The number of likely N-dealkylation sites (N-methyl/N-ethyl adjacent to an activating group) is 1. The number of amides is 1. The molecule has 24 heavy (non-hydrogen) atoms. The number of carbonyl (C=O) groups excluding carboxylic acids is 1. The summed E-state index contributed by atoms with van der Waals surface area (Å²) < 4.78 is 5.43. The molecule has 1 amide bonds. The molecule has 1 fully saturated rings. The van der Waals surface area contributed by atoms with E-state index in [2.05, 4.69) is 35.0 Å². The predicted octanol–water partition coefficient (Wildman–Crippen LogP) is 2.29. The minimum atomic E-state index is 0.106. The molecule has 1 N–H and O–H groups in total. The second-order valence-corrected chi connectivity index (χ2v) is 6.61. The molecule has 0 saturated carbocycles. The molecule has 5 heteroatoms. The number of hydrogen-bond donors (Lipinski definition) is 1. The standard InChI is InChI=1S/C19H31N3O2/c1-5-22-12-10-16(11-13-22)20-19(23)14-21(3)15(2)17-8-6-7-9-18(17)24-4/h6-9,15-16H,5,10-14H2,1-4H3,(H,20,23). The van der Waals surface area contributed by atoms with Gasteiger partial charge in [0.1, 0.15) is 5.75 Å². The molecule has 5 nitrogen and oxygen atoms in total. The summed E-state index contributed by atoms with van der Waals surface area (Å²) in [6.07, 6.45) is 2.09. The zero-order valence-corrected chi connectivity index (χ0v) is 15.4. The van der Waals surface area contributed by atoms with Crippen LogP contribution in [0, 0.1) is 0 Å². The number of nitrogens with zero attached hydrogens (tertiary/aromatic N) is 2. The van der Waals surface area contributed by atoms with Gasteiger partial charge in [0.2, 0.25) is 5.91 Å². The van der Waals surface area contributed by atoms with Crippen molar-refractivity contribution in [1.29, 1.82) is 0 Å². The number of carbonyl (C=O) groups is 1. The number of rotatable bonds is 7. The first-order valence-electron chi connectivity index (χ1n) is 8.90. The van der Waals surface area contributed by atoms with Crippen LogP contribution in [0.25, 0.3) is 0 Å². The Morgan fingerprint density at radius 3 is 2.67 bits per heavy atom. The van der Waals surface area contributed by atoms with Crippen LogP contribution in [-0.2, 0) is 4.79 Å². The van der Waals surface area contributed by atoms with E-state index in [9.17, 15) is 4.79 Å². The van der Waals surface area contributed by atoms with Gasteiger partial charge >= 0.3 is 0 Å². The van der Waals surface area contributed by atoms with Crippen molar-refractivity contribution >= 4 is 5.91 Å². The summed E-state index contributed by atoms with van der Waals surface area (Å²) in [5.74, 6) is 0.971. The monoisotopic (exact) mass is 333 g/mol. The summed E-state index contributed by atoms with van der Waals surface area (Å²) >= 11 is 0. The predicted molar refractivity (Wildman–Crippen MR) is 97.3 cm³/mol. The zero-order chi connectivity index (χ0) is 17.5. The maximum absolute atomic E-state index is 12.4. The highest BCUT2D eigenvalue weighted by atomic mass is 16.5. The largest absolute Gasteiger partial charge is 0.496 e. The average molecular weight is 333 g/mol. The molecule has 0 spiro atoms. The molecule has 1 heterocycles. The zero-order valence-electron chi connectivity index (χ0n) is 15.4. The number of ether oxygens (including phenoxy) is 1. The van der Waals surface area contributed by atoms with E-state index < -0.39 is 0 Å². The lowest BCUT2D eigenvalue weighted by Gasteiger charge is -2.32. The average Bonchev–Trinajstić information content (AvgIpc) is 2.61. The lowest BCUT2D eigenvalue weighted by atomic mass is 10.0. The van der Waals surface area contributed by atoms with Crippen molar-refractivity contribution in [3.05, 3.63) is 29.8 Å². The van der Waals surface area contributed by atoms with E-state index in [4.69, 9.17) is 4.74 Å². The van der Waals surface area contributed by atoms with Crippen LogP contribution in [0.3, 0.4) is 0 Å². The third-order valence-electron chi connectivity index (χ3n) is 5.04. The molecule has 0 radical (unpaired) electrons. The van der Waals surface area contributed by atoms with Crippen LogP contribution in [0.5, 0.6) is 5.75 Å². The van der Waals surface area contributed by atoms with Crippen molar-refractivity contribution < 1.29 is 9.53 Å². The fourth-order valence-electron chi connectivity index (χ4n) is 3.28. The molecule has 1 aliphatic rings. The summed E-state index contributed by atoms with van der Waals surface area (Å²) in [6.45, 7) is 7.94. The Morgan fingerprint density at radius 2 is 2.04 bits per heavy atom. The second kappa shape index (κ2) is 9.04. The molecule has 0 aromatic heterocycles. The van der Waals surface area contributed by atoms with E-state index in [1.165, 1.54) is 0 Å². The summed E-state index contributed by atoms with van der Waals surface area (Å²) in [4.78, 5) is 16.9. The van der Waals surface area contributed by atoms with E-state index in [-0.39, 0.29) is 11.9 Å². The van der Waals surface area contributed by atoms with Crippen LogP contribution in [0.2, 0.25) is 0 Å². The van der Waals surface area contributed by atoms with Gasteiger partial charge in [-0.05, 0) is 39.4 Å². The highest BCUT2D eigenvalue weighted by Crippen LogP contribution is 2.27. The van der Waals surface area contributed by atoms with E-state index >= 15 is 0 Å². The first kappa shape index (κ1) is 18.7. The molecule has 0 aliphatic carbocycles. The molecular formula is C19H31N3O2. The Hall–Kier alpha value is -1.59. The van der Waals surface area contributed by atoms with Gasteiger partial charge in [-0.15, -0.1) is 0 Å². The quantitative estimate of drug-likeness (QED) is 0.831. The lowest BCUT2D eigenvalue weighted by molar-refractivity contribution is -0.123. The fraction of sp³-hybridized carbons (Fsp3) is 0.632. The van der Waals surface area contributed by atoms with Crippen LogP contribution in [0.15, 0.2) is 24.3 Å². The summed E-state index contributed by atoms with van der Waals surface area (Å²) in [5, 5.41) is 3.19. The fourth-order valence-corrected chi connectivity index (χ4v) is 3.28. The third kappa shape index (κ3) is 4.95. The smallest absolute Gasteiger partial charge is 0.234 e. The second-order valence-electron chi connectivity index (χ2n) is 6.61. The maximum Gasteiger partial charge on any atom is 0.234 e. The van der Waals surface area contributed by atoms with Gasteiger partial charge in [0.15, 0.2) is 0 Å². The highest BCUT2D eigenvalue weighted by molar-refractivity contribution is 5.78. The molecule has 2 rings (SSSR count). The molecule has 1 aliphatic heterocycles. The normalized spacial score (nSPS) is 17.7. The Bertz CT molecular complexity index is 527. The Balaban J connectivity index is 1.85. The van der Waals surface area contributed by atoms with E-state index in [1.807, 2.05) is 25.2 Å². The van der Waals surface area contributed by atoms with Crippen LogP contribution in [-0.4, -0.2) is 62.1 Å². The maximum atomic E-state index is 12.4. The number of piperidine rings is 1. The number of hydrogen-bond acceptors (Lipinski definition) is 4. The van der Waals surface area contributed by atoms with Crippen LogP contribution in [0.4, 0.5) is 0 Å². The first-order valence-corrected chi connectivity index (χ1v) is 8.90. The molecule has 1 atom stereocenters. The van der Waals surface area contributed by atoms with Gasteiger partial charge in [-0.1, -0.05) is 25.1 Å². The van der Waals surface area contributed by atoms with Gasteiger partial charge in [-0.25, -0.2) is 0 Å². The molecule has 1 saturated heterocycles. The summed E-state index contributed by atoms with van der Waals surface area (Å²) in [7, 11) is 3.66. The molecule has 0 bridgehead atoms. The Kier molecular flexibility index (Phi) is 7.06. The Morgan fingerprint density at radius 1 is 1.38 bits per heavy atom. The minimum Gasteiger partial charge on any atom is -0.496 e. The van der Waals surface area contributed by atoms with Crippen molar-refractivity contribution in [2.45, 2.75) is 38.8 Å². The summed E-state index contributed by atoms with van der Waals surface area (Å²) in [5.41, 5.74) is 1.10.